The van der Waals surface area contributed by atoms with E-state index in [0.29, 0.717) is 12.2 Å². The largest absolute Gasteiger partial charge is 0.347 e. The van der Waals surface area contributed by atoms with E-state index in [-0.39, 0.29) is 5.79 Å². The Labute approximate surface area is 92.3 Å². The molecule has 3 nitrogen and oxygen atoms in total. The molecule has 1 saturated heterocycles. The van der Waals surface area contributed by atoms with Gasteiger partial charge in [0.2, 0.25) is 0 Å². The zero-order valence-corrected chi connectivity index (χ0v) is 9.71. The van der Waals surface area contributed by atoms with Crippen molar-refractivity contribution >= 4 is 0 Å². The highest BCUT2D eigenvalue weighted by Crippen LogP contribution is 2.41. The molecule has 1 saturated carbocycles. The topological polar surface area (TPSA) is 44.5 Å². The van der Waals surface area contributed by atoms with Gasteiger partial charge in [0, 0.05) is 19.3 Å². The molecular weight excluding hydrogens is 190 g/mol. The minimum atomic E-state index is -0.237. The summed E-state index contributed by atoms with van der Waals surface area (Å²) in [6.45, 7) is 2.91. The summed E-state index contributed by atoms with van der Waals surface area (Å²) in [6.07, 6.45) is 8.43. The van der Waals surface area contributed by atoms with Gasteiger partial charge in [0.05, 0.1) is 12.2 Å². The van der Waals surface area contributed by atoms with Gasteiger partial charge in [-0.15, -0.1) is 0 Å². The van der Waals surface area contributed by atoms with Crippen LogP contribution in [0.5, 0.6) is 0 Å². The smallest absolute Gasteiger partial charge is 0.169 e. The van der Waals surface area contributed by atoms with Crippen molar-refractivity contribution in [2.24, 2.45) is 5.73 Å². The highest BCUT2D eigenvalue weighted by molar-refractivity contribution is 4.85. The third-order valence-corrected chi connectivity index (χ3v) is 3.60. The maximum atomic E-state index is 6.11. The molecule has 3 heteroatoms. The Morgan fingerprint density at radius 2 is 1.87 bits per heavy atom. The number of hydrogen-bond acceptors (Lipinski definition) is 3. The van der Waals surface area contributed by atoms with Crippen LogP contribution < -0.4 is 5.73 Å². The van der Waals surface area contributed by atoms with Gasteiger partial charge in [0.25, 0.3) is 0 Å². The van der Waals surface area contributed by atoms with Gasteiger partial charge in [0.15, 0.2) is 5.79 Å². The Morgan fingerprint density at radius 1 is 1.20 bits per heavy atom. The molecule has 2 fully saturated rings. The lowest BCUT2D eigenvalue weighted by molar-refractivity contribution is -0.314. The summed E-state index contributed by atoms with van der Waals surface area (Å²) in [5.74, 6) is -0.237. The normalized spacial score (nSPS) is 34.8. The molecule has 2 N–H and O–H groups in total. The maximum Gasteiger partial charge on any atom is 0.169 e. The van der Waals surface area contributed by atoms with E-state index in [1.54, 1.807) is 0 Å². The lowest BCUT2D eigenvalue weighted by Gasteiger charge is -2.42. The van der Waals surface area contributed by atoms with E-state index in [9.17, 15) is 0 Å². The van der Waals surface area contributed by atoms with Crippen molar-refractivity contribution in [1.29, 1.82) is 0 Å². The van der Waals surface area contributed by atoms with Crippen LogP contribution in [-0.4, -0.2) is 24.5 Å². The minimum Gasteiger partial charge on any atom is -0.347 e. The van der Waals surface area contributed by atoms with Gasteiger partial charge in [0.1, 0.15) is 0 Å². The highest BCUT2D eigenvalue weighted by Gasteiger charge is 2.43. The Kier molecular flexibility index (Phi) is 3.65. The molecule has 0 aromatic heterocycles. The van der Waals surface area contributed by atoms with E-state index in [1.807, 2.05) is 0 Å². The van der Waals surface area contributed by atoms with E-state index >= 15 is 0 Å². The Hall–Kier alpha value is -0.120. The summed E-state index contributed by atoms with van der Waals surface area (Å²) in [7, 11) is 0. The molecule has 2 atom stereocenters. The summed E-state index contributed by atoms with van der Waals surface area (Å²) in [6, 6.07) is 0. The molecule has 0 bridgehead atoms. The van der Waals surface area contributed by atoms with E-state index in [4.69, 9.17) is 15.2 Å². The number of ether oxygens (including phenoxy) is 2. The second kappa shape index (κ2) is 4.81. The van der Waals surface area contributed by atoms with Crippen LogP contribution in [0.25, 0.3) is 0 Å². The maximum absolute atomic E-state index is 6.11. The fourth-order valence-electron chi connectivity index (χ4n) is 2.79. The molecule has 0 radical (unpaired) electrons. The van der Waals surface area contributed by atoms with Crippen LogP contribution >= 0.6 is 0 Å². The van der Waals surface area contributed by atoms with Crippen molar-refractivity contribution in [3.05, 3.63) is 0 Å². The van der Waals surface area contributed by atoms with E-state index in [1.165, 1.54) is 12.8 Å². The molecule has 0 amide bonds. The zero-order chi connectivity index (χ0) is 10.7. The number of nitrogens with two attached hydrogens (primary N) is 1. The molecule has 1 aliphatic carbocycles. The van der Waals surface area contributed by atoms with Crippen molar-refractivity contribution in [3.8, 4) is 0 Å². The van der Waals surface area contributed by atoms with Gasteiger partial charge >= 0.3 is 0 Å². The van der Waals surface area contributed by atoms with Crippen LogP contribution in [0, 0.1) is 0 Å². The molecule has 88 valence electrons. The molecule has 1 aliphatic heterocycles. The van der Waals surface area contributed by atoms with Crippen molar-refractivity contribution < 1.29 is 9.47 Å². The van der Waals surface area contributed by atoms with Gasteiger partial charge in [-0.3, -0.25) is 0 Å². The number of hydrogen-bond donors (Lipinski definition) is 1. The molecule has 0 aromatic rings. The molecule has 1 heterocycles. The first-order valence-electron chi connectivity index (χ1n) is 6.34. The second-order valence-corrected chi connectivity index (χ2v) is 4.82. The van der Waals surface area contributed by atoms with Crippen LogP contribution in [-0.2, 0) is 9.47 Å². The van der Waals surface area contributed by atoms with Crippen molar-refractivity contribution in [2.75, 3.05) is 6.54 Å². The van der Waals surface area contributed by atoms with Gasteiger partial charge in [-0.05, 0) is 32.2 Å². The summed E-state index contributed by atoms with van der Waals surface area (Å²) >= 11 is 0. The third kappa shape index (κ3) is 2.52. The lowest BCUT2D eigenvalue weighted by atomic mass is 10.0. The molecule has 15 heavy (non-hydrogen) atoms. The molecule has 2 aliphatic rings. The molecular formula is C12H23NO2. The predicted molar refractivity (Wildman–Crippen MR) is 59.5 cm³/mol. The molecule has 0 unspecified atom stereocenters. The fraction of sp³-hybridized carbons (Fsp3) is 1.00. The standard InChI is InChI=1S/C12H23NO2/c1-2-10-9-11(5-8-13)15-12(14-10)6-3-4-7-12/h10-11H,2-9,13H2,1H3/t10-,11+/m0/s1. The van der Waals surface area contributed by atoms with Crippen LogP contribution in [0.15, 0.2) is 0 Å². The summed E-state index contributed by atoms with van der Waals surface area (Å²) in [5.41, 5.74) is 5.61. The lowest BCUT2D eigenvalue weighted by Crippen LogP contribution is -2.47. The van der Waals surface area contributed by atoms with E-state index < -0.39 is 0 Å². The monoisotopic (exact) mass is 213 g/mol. The number of rotatable bonds is 3. The molecule has 0 aromatic carbocycles. The third-order valence-electron chi connectivity index (χ3n) is 3.60. The first kappa shape index (κ1) is 11.4. The van der Waals surface area contributed by atoms with Gasteiger partial charge in [-0.2, -0.15) is 0 Å². The summed E-state index contributed by atoms with van der Waals surface area (Å²) in [4.78, 5) is 0. The van der Waals surface area contributed by atoms with Crippen LogP contribution in [0.4, 0.5) is 0 Å². The first-order chi connectivity index (χ1) is 7.28. The summed E-state index contributed by atoms with van der Waals surface area (Å²) < 4.78 is 12.2. The Bertz CT molecular complexity index is 202. The average Bonchev–Trinajstić information content (AvgIpc) is 2.66. The van der Waals surface area contributed by atoms with Gasteiger partial charge in [-0.1, -0.05) is 6.92 Å². The van der Waals surface area contributed by atoms with Crippen molar-refractivity contribution in [1.82, 2.24) is 0 Å². The van der Waals surface area contributed by atoms with Gasteiger partial charge < -0.3 is 15.2 Å². The fourth-order valence-corrected chi connectivity index (χ4v) is 2.79. The van der Waals surface area contributed by atoms with E-state index in [0.717, 1.165) is 38.6 Å². The Balaban J connectivity index is 1.99. The Morgan fingerprint density at radius 3 is 2.47 bits per heavy atom. The highest BCUT2D eigenvalue weighted by atomic mass is 16.7. The minimum absolute atomic E-state index is 0.237. The zero-order valence-electron chi connectivity index (χ0n) is 9.71. The van der Waals surface area contributed by atoms with Crippen LogP contribution in [0.3, 0.4) is 0 Å². The molecule has 2 rings (SSSR count). The molecule has 1 spiro atoms. The quantitative estimate of drug-likeness (QED) is 0.781. The predicted octanol–water partition coefficient (Wildman–Crippen LogP) is 2.19. The first-order valence-corrected chi connectivity index (χ1v) is 6.34. The second-order valence-electron chi connectivity index (χ2n) is 4.82. The summed E-state index contributed by atoms with van der Waals surface area (Å²) in [5, 5.41) is 0. The average molecular weight is 213 g/mol. The van der Waals surface area contributed by atoms with Crippen LogP contribution in [0.1, 0.15) is 51.9 Å². The van der Waals surface area contributed by atoms with Gasteiger partial charge in [-0.25, -0.2) is 0 Å². The SMILES string of the molecule is CC[C@H]1C[C@@H](CCN)OC2(CCCC2)O1. The van der Waals surface area contributed by atoms with Crippen LogP contribution in [0.2, 0.25) is 0 Å². The van der Waals surface area contributed by atoms with E-state index in [2.05, 4.69) is 6.92 Å². The van der Waals surface area contributed by atoms with Crippen molar-refractivity contribution in [3.63, 3.8) is 0 Å². The van der Waals surface area contributed by atoms with Crippen molar-refractivity contribution in [2.45, 2.75) is 69.9 Å².